The van der Waals surface area contributed by atoms with Crippen LogP contribution in [0.5, 0.6) is 0 Å². The van der Waals surface area contributed by atoms with Crippen LogP contribution in [0.2, 0.25) is 0 Å². The molecule has 0 saturated heterocycles. The number of carbonyl (C=O) groups is 1. The monoisotopic (exact) mass is 301 g/mol. The number of halogens is 1. The van der Waals surface area contributed by atoms with Crippen LogP contribution in [0.1, 0.15) is 15.2 Å². The zero-order chi connectivity index (χ0) is 11.7. The first-order valence-electron chi connectivity index (χ1n) is 4.42. The van der Waals surface area contributed by atoms with E-state index in [4.69, 9.17) is 9.84 Å². The molecule has 2 aromatic heterocycles. The van der Waals surface area contributed by atoms with Crippen molar-refractivity contribution in [2.75, 3.05) is 7.11 Å². The van der Waals surface area contributed by atoms with Gasteiger partial charge >= 0.3 is 5.97 Å². The number of aromatic nitrogens is 1. The van der Waals surface area contributed by atoms with Gasteiger partial charge in [-0.15, -0.1) is 11.3 Å². The lowest BCUT2D eigenvalue weighted by molar-refractivity contribution is 0.0701. The SMILES string of the molecule is COCc1cnc2c(Br)c(C(=O)O)sc2c1. The predicted octanol–water partition coefficient (Wildman–Crippen LogP) is 2.90. The minimum atomic E-state index is -0.942. The van der Waals surface area contributed by atoms with Crippen LogP contribution in [-0.2, 0) is 11.3 Å². The molecule has 0 aromatic carbocycles. The van der Waals surface area contributed by atoms with Gasteiger partial charge < -0.3 is 9.84 Å². The molecule has 0 saturated carbocycles. The Hall–Kier alpha value is -0.980. The lowest BCUT2D eigenvalue weighted by Gasteiger charge is -1.98. The van der Waals surface area contributed by atoms with Gasteiger partial charge in [0.15, 0.2) is 0 Å². The topological polar surface area (TPSA) is 59.4 Å². The Bertz CT molecular complexity index is 552. The van der Waals surface area contributed by atoms with Gasteiger partial charge in [0, 0.05) is 13.3 Å². The number of rotatable bonds is 3. The van der Waals surface area contributed by atoms with Crippen molar-refractivity contribution < 1.29 is 14.6 Å². The molecule has 0 bridgehead atoms. The molecule has 2 rings (SSSR count). The number of pyridine rings is 1. The quantitative estimate of drug-likeness (QED) is 0.947. The first kappa shape index (κ1) is 11.5. The summed E-state index contributed by atoms with van der Waals surface area (Å²) in [4.78, 5) is 15.4. The van der Waals surface area contributed by atoms with Crippen molar-refractivity contribution in [1.82, 2.24) is 4.98 Å². The van der Waals surface area contributed by atoms with Crippen LogP contribution >= 0.6 is 27.3 Å². The Morgan fingerprint density at radius 1 is 1.69 bits per heavy atom. The van der Waals surface area contributed by atoms with Gasteiger partial charge in [0.1, 0.15) is 4.88 Å². The summed E-state index contributed by atoms with van der Waals surface area (Å²) >= 11 is 4.46. The second-order valence-electron chi connectivity index (χ2n) is 3.17. The summed E-state index contributed by atoms with van der Waals surface area (Å²) in [6.45, 7) is 0.473. The molecule has 1 N–H and O–H groups in total. The molecule has 0 unspecified atom stereocenters. The van der Waals surface area contributed by atoms with Crippen molar-refractivity contribution >= 4 is 43.5 Å². The van der Waals surface area contributed by atoms with E-state index >= 15 is 0 Å². The summed E-state index contributed by atoms with van der Waals surface area (Å²) in [6.07, 6.45) is 1.69. The van der Waals surface area contributed by atoms with Crippen molar-refractivity contribution in [2.45, 2.75) is 6.61 Å². The lowest BCUT2D eigenvalue weighted by atomic mass is 10.3. The van der Waals surface area contributed by atoms with E-state index in [1.54, 1.807) is 13.3 Å². The number of nitrogens with zero attached hydrogens (tertiary/aromatic N) is 1. The molecule has 6 heteroatoms. The highest BCUT2D eigenvalue weighted by atomic mass is 79.9. The standard InChI is InChI=1S/C10H8BrNO3S/c1-15-4-5-2-6-8(12-3-5)7(11)9(16-6)10(13)14/h2-3H,4H2,1H3,(H,13,14). The average molecular weight is 302 g/mol. The van der Waals surface area contributed by atoms with Gasteiger partial charge in [-0.2, -0.15) is 0 Å². The van der Waals surface area contributed by atoms with Crippen LogP contribution in [0, 0.1) is 0 Å². The number of thiophene rings is 1. The third kappa shape index (κ3) is 1.95. The van der Waals surface area contributed by atoms with Crippen molar-refractivity contribution in [3.8, 4) is 0 Å². The molecule has 84 valence electrons. The Balaban J connectivity index is 2.58. The summed E-state index contributed by atoms with van der Waals surface area (Å²) in [6, 6.07) is 1.90. The summed E-state index contributed by atoms with van der Waals surface area (Å²) in [5, 5.41) is 8.97. The van der Waals surface area contributed by atoms with Crippen LogP contribution in [0.25, 0.3) is 10.2 Å². The van der Waals surface area contributed by atoms with E-state index in [-0.39, 0.29) is 4.88 Å². The fourth-order valence-corrected chi connectivity index (χ4v) is 3.19. The summed E-state index contributed by atoms with van der Waals surface area (Å²) in [5.41, 5.74) is 1.61. The largest absolute Gasteiger partial charge is 0.477 e. The molecule has 2 aromatic rings. The van der Waals surface area contributed by atoms with Gasteiger partial charge in [-0.05, 0) is 27.6 Å². The van der Waals surface area contributed by atoms with E-state index in [1.165, 1.54) is 11.3 Å². The van der Waals surface area contributed by atoms with Crippen molar-refractivity contribution in [2.24, 2.45) is 0 Å². The van der Waals surface area contributed by atoms with Gasteiger partial charge in [-0.1, -0.05) is 0 Å². The zero-order valence-electron chi connectivity index (χ0n) is 8.36. The van der Waals surface area contributed by atoms with Crippen LogP contribution in [0.3, 0.4) is 0 Å². The third-order valence-corrected chi connectivity index (χ3v) is 4.18. The fraction of sp³-hybridized carbons (Fsp3) is 0.200. The van der Waals surface area contributed by atoms with Gasteiger partial charge in [0.25, 0.3) is 0 Å². The molecule has 4 nitrogen and oxygen atoms in total. The lowest BCUT2D eigenvalue weighted by Crippen LogP contribution is -1.92. The fourth-order valence-electron chi connectivity index (χ4n) is 1.37. The molecule has 0 aliphatic heterocycles. The molecule has 0 fully saturated rings. The molecule has 2 heterocycles. The van der Waals surface area contributed by atoms with E-state index in [1.807, 2.05) is 6.07 Å². The number of hydrogen-bond donors (Lipinski definition) is 1. The normalized spacial score (nSPS) is 10.9. The molecule has 0 aliphatic carbocycles. The number of fused-ring (bicyclic) bond motifs is 1. The number of methoxy groups -OCH3 is 1. The van der Waals surface area contributed by atoms with Gasteiger partial charge in [0.05, 0.1) is 21.3 Å². The number of carboxylic acids is 1. The Morgan fingerprint density at radius 2 is 2.44 bits per heavy atom. The van der Waals surface area contributed by atoms with E-state index in [9.17, 15) is 4.79 Å². The Morgan fingerprint density at radius 3 is 3.06 bits per heavy atom. The van der Waals surface area contributed by atoms with E-state index in [2.05, 4.69) is 20.9 Å². The average Bonchev–Trinajstić information content (AvgIpc) is 2.56. The summed E-state index contributed by atoms with van der Waals surface area (Å²) in [5.74, 6) is -0.942. The number of carboxylic acid groups (broad SMARTS) is 1. The first-order valence-corrected chi connectivity index (χ1v) is 6.03. The third-order valence-electron chi connectivity index (χ3n) is 2.03. The van der Waals surface area contributed by atoms with Gasteiger partial charge in [0.2, 0.25) is 0 Å². The minimum Gasteiger partial charge on any atom is -0.477 e. The molecule has 0 atom stereocenters. The van der Waals surface area contributed by atoms with Crippen LogP contribution in [-0.4, -0.2) is 23.2 Å². The molecular formula is C10H8BrNO3S. The van der Waals surface area contributed by atoms with Crippen molar-refractivity contribution in [1.29, 1.82) is 0 Å². The second kappa shape index (κ2) is 4.48. The van der Waals surface area contributed by atoms with Crippen LogP contribution < -0.4 is 0 Å². The highest BCUT2D eigenvalue weighted by Crippen LogP contribution is 2.34. The molecular weight excluding hydrogens is 294 g/mol. The van der Waals surface area contributed by atoms with Crippen LogP contribution in [0.15, 0.2) is 16.7 Å². The van der Waals surface area contributed by atoms with E-state index < -0.39 is 5.97 Å². The highest BCUT2D eigenvalue weighted by molar-refractivity contribution is 9.10. The molecule has 0 radical (unpaired) electrons. The second-order valence-corrected chi connectivity index (χ2v) is 5.02. The van der Waals surface area contributed by atoms with Crippen molar-refractivity contribution in [3.05, 3.63) is 27.2 Å². The number of aromatic carboxylic acids is 1. The highest BCUT2D eigenvalue weighted by Gasteiger charge is 2.16. The molecule has 0 spiro atoms. The molecule has 0 amide bonds. The van der Waals surface area contributed by atoms with Crippen molar-refractivity contribution in [3.63, 3.8) is 0 Å². The summed E-state index contributed by atoms with van der Waals surface area (Å²) < 4.78 is 6.39. The van der Waals surface area contributed by atoms with Crippen LogP contribution in [0.4, 0.5) is 0 Å². The summed E-state index contributed by atoms with van der Waals surface area (Å²) in [7, 11) is 1.61. The maximum absolute atomic E-state index is 10.9. The van der Waals surface area contributed by atoms with Gasteiger partial charge in [-0.25, -0.2) is 4.79 Å². The number of ether oxygens (including phenoxy) is 1. The predicted molar refractivity (Wildman–Crippen MR) is 65.0 cm³/mol. The zero-order valence-corrected chi connectivity index (χ0v) is 10.8. The Kier molecular flexibility index (Phi) is 3.22. The minimum absolute atomic E-state index is 0.275. The van der Waals surface area contributed by atoms with Gasteiger partial charge in [-0.3, -0.25) is 4.98 Å². The first-order chi connectivity index (χ1) is 7.63. The Labute approximate surface area is 104 Å². The van der Waals surface area contributed by atoms with E-state index in [0.29, 0.717) is 16.6 Å². The molecule has 16 heavy (non-hydrogen) atoms. The smallest absolute Gasteiger partial charge is 0.347 e. The maximum Gasteiger partial charge on any atom is 0.347 e. The molecule has 0 aliphatic rings. The maximum atomic E-state index is 10.9. The van der Waals surface area contributed by atoms with E-state index in [0.717, 1.165) is 10.3 Å². The number of hydrogen-bond acceptors (Lipinski definition) is 4.